The molecule has 0 spiro atoms. The van der Waals surface area contributed by atoms with Gasteiger partial charge in [0.1, 0.15) is 0 Å². The minimum Gasteiger partial charge on any atom is -0.295 e. The minimum absolute atomic E-state index is 0.239. The monoisotopic (exact) mass is 268 g/mol. The van der Waals surface area contributed by atoms with E-state index in [1.54, 1.807) is 0 Å². The van der Waals surface area contributed by atoms with Crippen LogP contribution < -0.4 is 0 Å². The molecular formula is C18H24N2. The lowest BCUT2D eigenvalue weighted by atomic mass is 9.94. The van der Waals surface area contributed by atoms with E-state index in [-0.39, 0.29) is 5.92 Å². The third kappa shape index (κ3) is 2.88. The van der Waals surface area contributed by atoms with Crippen LogP contribution in [-0.4, -0.2) is 17.5 Å². The molecule has 2 heteroatoms. The largest absolute Gasteiger partial charge is 0.295 e. The number of hydrogen-bond donors (Lipinski definition) is 0. The van der Waals surface area contributed by atoms with Gasteiger partial charge in [0, 0.05) is 12.6 Å². The number of rotatable bonds is 1. The molecule has 0 amide bonds. The number of benzene rings is 1. The molecule has 3 rings (SSSR count). The van der Waals surface area contributed by atoms with Crippen molar-refractivity contribution in [3.05, 3.63) is 35.4 Å². The van der Waals surface area contributed by atoms with Crippen molar-refractivity contribution < 1.29 is 0 Å². The summed E-state index contributed by atoms with van der Waals surface area (Å²) >= 11 is 0. The first-order chi connectivity index (χ1) is 9.88. The van der Waals surface area contributed by atoms with Crippen LogP contribution in [0.2, 0.25) is 0 Å². The second kappa shape index (κ2) is 6.41. The zero-order chi connectivity index (χ0) is 13.8. The van der Waals surface area contributed by atoms with Crippen molar-refractivity contribution in [1.29, 1.82) is 5.26 Å². The van der Waals surface area contributed by atoms with Crippen LogP contribution in [0.25, 0.3) is 0 Å². The first-order valence-electron chi connectivity index (χ1n) is 8.09. The van der Waals surface area contributed by atoms with Gasteiger partial charge in [-0.3, -0.25) is 4.90 Å². The Morgan fingerprint density at radius 2 is 1.80 bits per heavy atom. The van der Waals surface area contributed by atoms with Gasteiger partial charge in [0.05, 0.1) is 12.0 Å². The predicted octanol–water partition coefficient (Wildman–Crippen LogP) is 3.91. The van der Waals surface area contributed by atoms with Crippen LogP contribution in [0.5, 0.6) is 0 Å². The Morgan fingerprint density at radius 3 is 2.65 bits per heavy atom. The summed E-state index contributed by atoms with van der Waals surface area (Å²) in [5.41, 5.74) is 2.99. The van der Waals surface area contributed by atoms with Gasteiger partial charge in [0.25, 0.3) is 0 Å². The van der Waals surface area contributed by atoms with E-state index in [0.717, 1.165) is 19.5 Å². The molecule has 0 bridgehead atoms. The van der Waals surface area contributed by atoms with Crippen molar-refractivity contribution in [2.75, 3.05) is 6.54 Å². The third-order valence-corrected chi connectivity index (χ3v) is 5.00. The van der Waals surface area contributed by atoms with Gasteiger partial charge < -0.3 is 0 Å². The van der Waals surface area contributed by atoms with E-state index in [0.29, 0.717) is 6.04 Å². The lowest BCUT2D eigenvalue weighted by Crippen LogP contribution is -2.39. The Balaban J connectivity index is 1.81. The summed E-state index contributed by atoms with van der Waals surface area (Å²) in [6.07, 6.45) is 8.56. The van der Waals surface area contributed by atoms with E-state index in [9.17, 15) is 5.26 Å². The minimum atomic E-state index is 0.239. The van der Waals surface area contributed by atoms with Gasteiger partial charge in [0.2, 0.25) is 0 Å². The fraction of sp³-hybridized carbons (Fsp3) is 0.611. The predicted molar refractivity (Wildman–Crippen MR) is 81.1 cm³/mol. The van der Waals surface area contributed by atoms with E-state index in [2.05, 4.69) is 35.2 Å². The van der Waals surface area contributed by atoms with Crippen LogP contribution in [0.15, 0.2) is 24.3 Å². The van der Waals surface area contributed by atoms with Crippen LogP contribution >= 0.6 is 0 Å². The Hall–Kier alpha value is -1.33. The van der Waals surface area contributed by atoms with Crippen LogP contribution in [0.4, 0.5) is 0 Å². The summed E-state index contributed by atoms with van der Waals surface area (Å²) in [5, 5.41) is 9.51. The number of fused-ring (bicyclic) bond motifs is 1. The average molecular weight is 268 g/mol. The zero-order valence-electron chi connectivity index (χ0n) is 12.2. The molecule has 2 aliphatic rings. The highest BCUT2D eigenvalue weighted by atomic mass is 15.2. The summed E-state index contributed by atoms with van der Waals surface area (Å²) in [4.78, 5) is 2.60. The van der Waals surface area contributed by atoms with Gasteiger partial charge in [-0.2, -0.15) is 5.26 Å². The molecule has 2 atom stereocenters. The van der Waals surface area contributed by atoms with Gasteiger partial charge in [-0.1, -0.05) is 43.5 Å². The van der Waals surface area contributed by atoms with Gasteiger partial charge in [0.15, 0.2) is 0 Å². The number of nitrogens with zero attached hydrogens (tertiary/aromatic N) is 2. The highest BCUT2D eigenvalue weighted by Crippen LogP contribution is 2.30. The van der Waals surface area contributed by atoms with Crippen LogP contribution in [0.1, 0.15) is 49.7 Å². The quantitative estimate of drug-likeness (QED) is 0.722. The Kier molecular flexibility index (Phi) is 4.38. The van der Waals surface area contributed by atoms with E-state index < -0.39 is 0 Å². The van der Waals surface area contributed by atoms with E-state index in [1.807, 2.05) is 0 Å². The molecule has 1 aromatic carbocycles. The van der Waals surface area contributed by atoms with E-state index >= 15 is 0 Å². The molecule has 20 heavy (non-hydrogen) atoms. The normalized spacial score (nSPS) is 27.9. The lowest BCUT2D eigenvalue weighted by molar-refractivity contribution is 0.148. The van der Waals surface area contributed by atoms with Crippen LogP contribution in [0.3, 0.4) is 0 Å². The lowest BCUT2D eigenvalue weighted by Gasteiger charge is -2.32. The number of aryl methyl sites for hydroxylation is 1. The Bertz CT molecular complexity index is 488. The molecule has 0 saturated heterocycles. The first-order valence-corrected chi connectivity index (χ1v) is 8.09. The van der Waals surface area contributed by atoms with Crippen molar-refractivity contribution in [2.24, 2.45) is 5.92 Å². The molecule has 0 aromatic heterocycles. The van der Waals surface area contributed by atoms with Crippen LogP contribution in [-0.2, 0) is 13.0 Å². The van der Waals surface area contributed by atoms with Crippen molar-refractivity contribution >= 4 is 0 Å². The van der Waals surface area contributed by atoms with Gasteiger partial charge in [-0.15, -0.1) is 0 Å². The highest BCUT2D eigenvalue weighted by molar-refractivity contribution is 5.28. The fourth-order valence-corrected chi connectivity index (χ4v) is 3.88. The van der Waals surface area contributed by atoms with Crippen molar-refractivity contribution in [3.8, 4) is 6.07 Å². The van der Waals surface area contributed by atoms with Gasteiger partial charge >= 0.3 is 0 Å². The molecule has 106 valence electrons. The maximum Gasteiger partial charge on any atom is 0.0672 e. The van der Waals surface area contributed by atoms with Gasteiger partial charge in [-0.25, -0.2) is 0 Å². The highest BCUT2D eigenvalue weighted by Gasteiger charge is 2.30. The van der Waals surface area contributed by atoms with E-state index in [1.165, 1.54) is 49.7 Å². The molecule has 1 fully saturated rings. The van der Waals surface area contributed by atoms with Crippen molar-refractivity contribution in [3.63, 3.8) is 0 Å². The summed E-state index contributed by atoms with van der Waals surface area (Å²) in [6.45, 7) is 2.19. The fourth-order valence-electron chi connectivity index (χ4n) is 3.88. The van der Waals surface area contributed by atoms with Crippen molar-refractivity contribution in [2.45, 2.75) is 57.5 Å². The second-order valence-corrected chi connectivity index (χ2v) is 6.28. The molecule has 1 saturated carbocycles. The van der Waals surface area contributed by atoms with Crippen LogP contribution in [0, 0.1) is 17.2 Å². The summed E-state index contributed by atoms with van der Waals surface area (Å²) in [6, 6.07) is 11.9. The SMILES string of the molecule is N#CC1CCCCCC1N1CCCc2ccccc2C1. The summed E-state index contributed by atoms with van der Waals surface area (Å²) < 4.78 is 0. The topological polar surface area (TPSA) is 27.0 Å². The maximum absolute atomic E-state index is 9.51. The Morgan fingerprint density at radius 1 is 1.00 bits per heavy atom. The summed E-state index contributed by atoms with van der Waals surface area (Å²) in [5.74, 6) is 0.239. The first kappa shape index (κ1) is 13.6. The molecule has 0 N–H and O–H groups in total. The van der Waals surface area contributed by atoms with Gasteiger partial charge in [-0.05, 0) is 43.4 Å². The molecule has 1 heterocycles. The molecule has 0 radical (unpaired) electrons. The second-order valence-electron chi connectivity index (χ2n) is 6.28. The smallest absolute Gasteiger partial charge is 0.0672 e. The standard InChI is InChI=1S/C18H24N2/c19-13-16-8-2-1-3-11-18(16)20-12-6-10-15-7-4-5-9-17(15)14-20/h4-5,7,9,16,18H,1-3,6,8,10-12,14H2. The van der Waals surface area contributed by atoms with E-state index in [4.69, 9.17) is 0 Å². The molecular weight excluding hydrogens is 244 g/mol. The molecule has 2 nitrogen and oxygen atoms in total. The third-order valence-electron chi connectivity index (χ3n) is 5.00. The molecule has 1 aliphatic carbocycles. The maximum atomic E-state index is 9.51. The molecule has 1 aromatic rings. The number of nitriles is 1. The number of hydrogen-bond acceptors (Lipinski definition) is 2. The van der Waals surface area contributed by atoms with Crippen molar-refractivity contribution in [1.82, 2.24) is 4.90 Å². The molecule has 2 unspecified atom stereocenters. The Labute approximate surface area is 122 Å². The average Bonchev–Trinajstić information content (AvgIpc) is 2.84. The molecule has 1 aliphatic heterocycles. The zero-order valence-corrected chi connectivity index (χ0v) is 12.2. The summed E-state index contributed by atoms with van der Waals surface area (Å²) in [7, 11) is 0.